The summed E-state index contributed by atoms with van der Waals surface area (Å²) in [5.74, 6) is 0. The summed E-state index contributed by atoms with van der Waals surface area (Å²) in [6, 6.07) is 13.5. The van der Waals surface area contributed by atoms with Gasteiger partial charge in [0.1, 0.15) is 0 Å². The van der Waals surface area contributed by atoms with Gasteiger partial charge in [-0.05, 0) is 42.0 Å². The van der Waals surface area contributed by atoms with E-state index in [-0.39, 0.29) is 6.61 Å². The third-order valence-corrected chi connectivity index (χ3v) is 4.09. The smallest absolute Gasteiger partial charge is 0.0692 e. The van der Waals surface area contributed by atoms with Gasteiger partial charge in [-0.3, -0.25) is 0 Å². The van der Waals surface area contributed by atoms with Crippen LogP contribution >= 0.6 is 39.3 Å². The van der Waals surface area contributed by atoms with Crippen LogP contribution in [-0.2, 0) is 6.61 Å². The van der Waals surface area contributed by atoms with Gasteiger partial charge in [-0.25, -0.2) is 0 Å². The van der Waals surface area contributed by atoms with E-state index in [0.717, 1.165) is 24.8 Å². The van der Waals surface area contributed by atoms with Crippen LogP contribution in [0.5, 0.6) is 0 Å². The Morgan fingerprint density at radius 1 is 1.12 bits per heavy atom. The molecule has 0 aliphatic heterocycles. The minimum atomic E-state index is 0.0448. The van der Waals surface area contributed by atoms with Crippen LogP contribution in [0.1, 0.15) is 5.56 Å². The van der Waals surface area contributed by atoms with Gasteiger partial charge >= 0.3 is 0 Å². The summed E-state index contributed by atoms with van der Waals surface area (Å²) in [5.41, 5.74) is 0.924. The first-order valence-electron chi connectivity index (χ1n) is 5.02. The zero-order valence-electron chi connectivity index (χ0n) is 8.86. The Hall–Kier alpha value is -0.480. The summed E-state index contributed by atoms with van der Waals surface area (Å²) in [5, 5.41) is 10.0. The van der Waals surface area contributed by atoms with Crippen LogP contribution in [0.15, 0.2) is 56.7 Å². The number of hydrogen-bond acceptors (Lipinski definition) is 2. The Kier molecular flexibility index (Phi) is 4.51. The Balaban J connectivity index is 2.28. The largest absolute Gasteiger partial charge is 0.392 e. The van der Waals surface area contributed by atoms with Gasteiger partial charge in [-0.15, -0.1) is 0 Å². The minimum Gasteiger partial charge on any atom is -0.392 e. The molecule has 0 unspecified atom stereocenters. The van der Waals surface area contributed by atoms with Crippen molar-refractivity contribution >= 4 is 39.3 Å². The van der Waals surface area contributed by atoms with Gasteiger partial charge in [0.25, 0.3) is 0 Å². The maximum absolute atomic E-state index is 9.28. The molecule has 0 bridgehead atoms. The van der Waals surface area contributed by atoms with Crippen molar-refractivity contribution in [2.75, 3.05) is 0 Å². The quantitative estimate of drug-likeness (QED) is 0.877. The van der Waals surface area contributed by atoms with Crippen LogP contribution in [0.25, 0.3) is 0 Å². The highest BCUT2D eigenvalue weighted by molar-refractivity contribution is 9.10. The molecule has 0 fully saturated rings. The van der Waals surface area contributed by atoms with E-state index in [9.17, 15) is 5.11 Å². The molecule has 88 valence electrons. The second-order valence-electron chi connectivity index (χ2n) is 3.47. The van der Waals surface area contributed by atoms with Crippen molar-refractivity contribution < 1.29 is 5.11 Å². The number of aliphatic hydroxyl groups is 1. The van der Waals surface area contributed by atoms with Gasteiger partial charge in [0.2, 0.25) is 0 Å². The fourth-order valence-electron chi connectivity index (χ4n) is 1.38. The van der Waals surface area contributed by atoms with Crippen molar-refractivity contribution in [3.8, 4) is 0 Å². The van der Waals surface area contributed by atoms with E-state index in [4.69, 9.17) is 11.6 Å². The van der Waals surface area contributed by atoms with Crippen molar-refractivity contribution in [1.29, 1.82) is 0 Å². The Labute approximate surface area is 118 Å². The van der Waals surface area contributed by atoms with Gasteiger partial charge < -0.3 is 5.11 Å². The molecule has 0 aliphatic rings. The molecule has 4 heteroatoms. The average Bonchev–Trinajstić information content (AvgIpc) is 2.32. The maximum Gasteiger partial charge on any atom is 0.0692 e. The third-order valence-electron chi connectivity index (χ3n) is 2.24. The molecule has 2 aromatic rings. The van der Waals surface area contributed by atoms with Crippen LogP contribution in [0.4, 0.5) is 0 Å². The molecule has 0 aliphatic carbocycles. The van der Waals surface area contributed by atoms with Crippen LogP contribution in [0.2, 0.25) is 5.02 Å². The van der Waals surface area contributed by atoms with Gasteiger partial charge in [0, 0.05) is 19.3 Å². The number of benzene rings is 2. The Morgan fingerprint density at radius 3 is 2.47 bits per heavy atom. The average molecular weight is 330 g/mol. The summed E-state index contributed by atoms with van der Waals surface area (Å²) in [7, 11) is 0. The molecule has 0 heterocycles. The predicted molar refractivity (Wildman–Crippen MR) is 75.6 cm³/mol. The molecule has 1 N–H and O–H groups in total. The number of hydrogen-bond donors (Lipinski definition) is 1. The highest BCUT2D eigenvalue weighted by Gasteiger charge is 2.04. The topological polar surface area (TPSA) is 20.2 Å². The zero-order chi connectivity index (χ0) is 12.3. The Morgan fingerprint density at radius 2 is 1.82 bits per heavy atom. The number of rotatable bonds is 3. The van der Waals surface area contributed by atoms with Crippen LogP contribution < -0.4 is 0 Å². The predicted octanol–water partition coefficient (Wildman–Crippen LogP) is 4.75. The van der Waals surface area contributed by atoms with Crippen molar-refractivity contribution in [1.82, 2.24) is 0 Å². The van der Waals surface area contributed by atoms with Crippen molar-refractivity contribution in [2.45, 2.75) is 16.4 Å². The first-order valence-corrected chi connectivity index (χ1v) is 7.00. The van der Waals surface area contributed by atoms with E-state index in [0.29, 0.717) is 0 Å². The first-order chi connectivity index (χ1) is 8.19. The fourth-order valence-corrected chi connectivity index (χ4v) is 3.00. The van der Waals surface area contributed by atoms with E-state index in [1.807, 2.05) is 42.5 Å². The molecule has 0 saturated carbocycles. The van der Waals surface area contributed by atoms with Crippen LogP contribution in [0.3, 0.4) is 0 Å². The van der Waals surface area contributed by atoms with Gasteiger partial charge in [-0.2, -0.15) is 0 Å². The third kappa shape index (κ3) is 3.49. The SMILES string of the molecule is OCc1ccc(Br)cc1Sc1ccc(Cl)cc1. The van der Waals surface area contributed by atoms with E-state index >= 15 is 0 Å². The van der Waals surface area contributed by atoms with Crippen molar-refractivity contribution in [3.05, 3.63) is 57.5 Å². The van der Waals surface area contributed by atoms with Crippen molar-refractivity contribution in [2.24, 2.45) is 0 Å². The minimum absolute atomic E-state index is 0.0448. The van der Waals surface area contributed by atoms with Gasteiger partial charge in [-0.1, -0.05) is 45.4 Å². The van der Waals surface area contributed by atoms with Crippen LogP contribution in [0, 0.1) is 0 Å². The summed E-state index contributed by atoms with van der Waals surface area (Å²) in [4.78, 5) is 2.14. The summed E-state index contributed by atoms with van der Waals surface area (Å²) < 4.78 is 1.01. The van der Waals surface area contributed by atoms with Crippen molar-refractivity contribution in [3.63, 3.8) is 0 Å². The lowest BCUT2D eigenvalue weighted by Gasteiger charge is -2.07. The molecule has 0 atom stereocenters. The summed E-state index contributed by atoms with van der Waals surface area (Å²) in [6.07, 6.45) is 0. The van der Waals surface area contributed by atoms with Gasteiger partial charge in [0.15, 0.2) is 0 Å². The normalized spacial score (nSPS) is 10.5. The highest BCUT2D eigenvalue weighted by atomic mass is 79.9. The van der Waals surface area contributed by atoms with Crippen LogP contribution in [-0.4, -0.2) is 5.11 Å². The molecule has 0 spiro atoms. The molecule has 0 aromatic heterocycles. The lowest BCUT2D eigenvalue weighted by atomic mass is 10.2. The second-order valence-corrected chi connectivity index (χ2v) is 5.93. The van der Waals surface area contributed by atoms with E-state index < -0.39 is 0 Å². The first kappa shape index (κ1) is 13.0. The molecule has 0 radical (unpaired) electrons. The lowest BCUT2D eigenvalue weighted by molar-refractivity contribution is 0.279. The second kappa shape index (κ2) is 5.91. The zero-order valence-corrected chi connectivity index (χ0v) is 12.0. The molecule has 2 aromatic carbocycles. The molecular formula is C13H10BrClOS. The molecule has 0 saturated heterocycles. The van der Waals surface area contributed by atoms with E-state index in [1.165, 1.54) is 0 Å². The number of aliphatic hydroxyl groups excluding tert-OH is 1. The highest BCUT2D eigenvalue weighted by Crippen LogP contribution is 2.33. The molecule has 2 rings (SSSR count). The van der Waals surface area contributed by atoms with Gasteiger partial charge in [0.05, 0.1) is 6.61 Å². The molecule has 1 nitrogen and oxygen atoms in total. The monoisotopic (exact) mass is 328 g/mol. The molecule has 0 amide bonds. The molecular weight excluding hydrogens is 320 g/mol. The number of halogens is 2. The van der Waals surface area contributed by atoms with E-state index in [2.05, 4.69) is 15.9 Å². The summed E-state index contributed by atoms with van der Waals surface area (Å²) >= 11 is 10.9. The molecule has 17 heavy (non-hydrogen) atoms. The van der Waals surface area contributed by atoms with E-state index in [1.54, 1.807) is 11.8 Å². The summed E-state index contributed by atoms with van der Waals surface area (Å²) in [6.45, 7) is 0.0448. The standard InChI is InChI=1S/C13H10BrClOS/c14-10-2-1-9(8-16)13(7-10)17-12-5-3-11(15)4-6-12/h1-7,16H,8H2. The maximum atomic E-state index is 9.28. The fraction of sp³-hybridized carbons (Fsp3) is 0.0769. The Bertz CT molecular complexity index is 513. The lowest BCUT2D eigenvalue weighted by Crippen LogP contribution is -1.87.